The normalized spacial score (nSPS) is 20.7. The number of carbonyl (C=O) groups excluding carboxylic acids is 4. The van der Waals surface area contributed by atoms with E-state index in [0.717, 1.165) is 55.7 Å². The Hall–Kier alpha value is -6.67. The highest BCUT2D eigenvalue weighted by Gasteiger charge is 2.40. The number of likely N-dealkylation sites (N-methyl/N-ethyl adjacent to an activating group) is 1. The first-order chi connectivity index (χ1) is 34.2. The minimum Gasteiger partial charge on any atom is -0.497 e. The molecule has 1 aliphatic carbocycles. The van der Waals surface area contributed by atoms with Gasteiger partial charge in [-0.2, -0.15) is 4.99 Å². The number of pyridine rings is 1. The first-order valence-corrected chi connectivity index (χ1v) is 25.0. The predicted molar refractivity (Wildman–Crippen MR) is 274 cm³/mol. The fourth-order valence-corrected chi connectivity index (χ4v) is 10.6. The fraction of sp³-hybridized carbons (Fsp3) is 0.464. The van der Waals surface area contributed by atoms with Crippen LogP contribution in [0.25, 0.3) is 33.3 Å². The summed E-state index contributed by atoms with van der Waals surface area (Å²) in [5.74, 6) is -1.29. The van der Waals surface area contributed by atoms with Gasteiger partial charge in [-0.1, -0.05) is 58.0 Å². The summed E-state index contributed by atoms with van der Waals surface area (Å²) in [6.45, 7) is 11.8. The van der Waals surface area contributed by atoms with E-state index in [-0.39, 0.29) is 42.7 Å². The molecule has 5 atom stereocenters. The Morgan fingerprint density at radius 3 is 2.56 bits per heavy atom. The molecule has 374 valence electrons. The van der Waals surface area contributed by atoms with Crippen LogP contribution < -0.4 is 15.5 Å². The molecular formula is C56H68N8O7. The van der Waals surface area contributed by atoms with Crippen LogP contribution in [0.2, 0.25) is 0 Å². The molecule has 1 saturated carbocycles. The number of aliphatic imine (C=N–C) groups is 2. The summed E-state index contributed by atoms with van der Waals surface area (Å²) in [6, 6.07) is 23.9. The molecule has 1 saturated heterocycles. The summed E-state index contributed by atoms with van der Waals surface area (Å²) in [5, 5.41) is 5.65. The van der Waals surface area contributed by atoms with Crippen LogP contribution in [0.4, 0.5) is 5.69 Å². The largest absolute Gasteiger partial charge is 0.497 e. The predicted octanol–water partition coefficient (Wildman–Crippen LogP) is 8.35. The van der Waals surface area contributed by atoms with Crippen LogP contribution in [0.5, 0.6) is 5.75 Å². The second-order valence-electron chi connectivity index (χ2n) is 20.3. The lowest BCUT2D eigenvalue weighted by Gasteiger charge is -2.37. The van der Waals surface area contributed by atoms with Crippen molar-refractivity contribution in [1.82, 2.24) is 30.2 Å². The van der Waals surface area contributed by atoms with E-state index < -0.39 is 35.4 Å². The highest BCUT2D eigenvalue weighted by atomic mass is 16.5. The third-order valence-corrected chi connectivity index (χ3v) is 14.2. The second kappa shape index (κ2) is 22.2. The molecule has 8 rings (SSSR count). The average molecular weight is 965 g/mol. The van der Waals surface area contributed by atoms with E-state index in [4.69, 9.17) is 14.2 Å². The van der Waals surface area contributed by atoms with Gasteiger partial charge in [-0.25, -0.2) is 10.4 Å². The molecule has 5 aromatic rings. The molecule has 3 aliphatic rings. The Morgan fingerprint density at radius 1 is 1.03 bits per heavy atom. The molecule has 2 N–H and O–H groups in total. The summed E-state index contributed by atoms with van der Waals surface area (Å²) in [5.41, 5.74) is 11.4. The number of esters is 1. The fourth-order valence-electron chi connectivity index (χ4n) is 10.6. The van der Waals surface area contributed by atoms with Crippen molar-refractivity contribution in [2.45, 2.75) is 117 Å². The molecule has 3 aromatic carbocycles. The number of hydrogen-bond donors (Lipinski definition) is 2. The van der Waals surface area contributed by atoms with Crippen molar-refractivity contribution in [1.29, 1.82) is 0 Å². The van der Waals surface area contributed by atoms with Gasteiger partial charge in [0.25, 0.3) is 5.91 Å². The van der Waals surface area contributed by atoms with Crippen molar-refractivity contribution in [3.05, 3.63) is 102 Å². The topological polar surface area (TPSA) is 169 Å². The summed E-state index contributed by atoms with van der Waals surface area (Å²) in [4.78, 5) is 72.6. The number of methoxy groups -OCH3 is 2. The number of ether oxygens (including phenoxy) is 3. The van der Waals surface area contributed by atoms with E-state index in [1.807, 2.05) is 62.5 Å². The lowest BCUT2D eigenvalue weighted by molar-refractivity contribution is -0.155. The minimum absolute atomic E-state index is 0.129. The SMILES string of the molecule is CCn1c(-c2cnccc2COC)c2c3cc(ccc31)-c1cccc(c1)C[C@H](NC(=O)[C@H](C(C)C)N(C)C(=O)[C@H]1CC[C@H](N=C=Nc3ccc(OC)cc3)C1)C(=O)N1CCC[C@H](N1)C(=O)OCC(C)(C)C2. The van der Waals surface area contributed by atoms with Gasteiger partial charge in [-0.15, -0.1) is 0 Å². The molecule has 0 radical (unpaired) electrons. The number of benzene rings is 3. The van der Waals surface area contributed by atoms with Crippen LogP contribution in [0.15, 0.2) is 95.2 Å². The number of hydrazine groups is 1. The van der Waals surface area contributed by atoms with Gasteiger partial charge in [0.2, 0.25) is 11.8 Å². The zero-order valence-corrected chi connectivity index (χ0v) is 42.4. The van der Waals surface area contributed by atoms with Gasteiger partial charge in [-0.3, -0.25) is 29.2 Å². The van der Waals surface area contributed by atoms with Gasteiger partial charge in [0.1, 0.15) is 23.9 Å². The average Bonchev–Trinajstić information content (AvgIpc) is 3.97. The Morgan fingerprint density at radius 2 is 1.82 bits per heavy atom. The second-order valence-corrected chi connectivity index (χ2v) is 20.3. The number of aromatic nitrogens is 2. The first-order valence-electron chi connectivity index (χ1n) is 25.0. The summed E-state index contributed by atoms with van der Waals surface area (Å²) in [7, 11) is 4.97. The molecule has 4 heterocycles. The maximum atomic E-state index is 14.8. The number of carbonyl (C=O) groups is 4. The van der Waals surface area contributed by atoms with Crippen LogP contribution >= 0.6 is 0 Å². The van der Waals surface area contributed by atoms with Crippen LogP contribution in [-0.2, 0) is 54.6 Å². The zero-order valence-electron chi connectivity index (χ0n) is 42.4. The van der Waals surface area contributed by atoms with Crippen molar-refractivity contribution in [3.63, 3.8) is 0 Å². The van der Waals surface area contributed by atoms with E-state index in [9.17, 15) is 19.2 Å². The molecule has 15 heteroatoms. The Labute approximate surface area is 417 Å². The Bertz CT molecular complexity index is 2810. The highest BCUT2D eigenvalue weighted by molar-refractivity contribution is 5.96. The van der Waals surface area contributed by atoms with Crippen molar-refractivity contribution in [2.24, 2.45) is 27.2 Å². The van der Waals surface area contributed by atoms with Gasteiger partial charge >= 0.3 is 5.97 Å². The van der Waals surface area contributed by atoms with Crippen molar-refractivity contribution in [3.8, 4) is 28.1 Å². The van der Waals surface area contributed by atoms with Crippen molar-refractivity contribution in [2.75, 3.05) is 34.4 Å². The van der Waals surface area contributed by atoms with Gasteiger partial charge in [0.15, 0.2) is 0 Å². The number of cyclic esters (lactones) is 1. The van der Waals surface area contributed by atoms with E-state index in [1.54, 1.807) is 27.5 Å². The molecule has 0 spiro atoms. The smallest absolute Gasteiger partial charge is 0.324 e. The van der Waals surface area contributed by atoms with Gasteiger partial charge in [0.05, 0.1) is 43.8 Å². The number of nitrogens with zero attached hydrogens (tertiary/aromatic N) is 6. The summed E-state index contributed by atoms with van der Waals surface area (Å²) >= 11 is 0. The van der Waals surface area contributed by atoms with Gasteiger partial charge < -0.3 is 29.0 Å². The summed E-state index contributed by atoms with van der Waals surface area (Å²) in [6.07, 6.45) is 7.33. The number of hydrogen-bond acceptors (Lipinski definition) is 11. The van der Waals surface area contributed by atoms with Gasteiger partial charge in [-0.05, 0) is 122 Å². The molecule has 2 aliphatic heterocycles. The number of nitrogens with one attached hydrogen (secondary N) is 2. The number of amides is 3. The Kier molecular flexibility index (Phi) is 15.8. The number of rotatable bonds is 12. The quantitative estimate of drug-likeness (QED) is 0.0922. The van der Waals surface area contributed by atoms with E-state index in [0.29, 0.717) is 63.9 Å². The van der Waals surface area contributed by atoms with Crippen LogP contribution in [0.1, 0.15) is 83.4 Å². The van der Waals surface area contributed by atoms with Crippen LogP contribution in [0, 0.1) is 17.3 Å². The van der Waals surface area contributed by atoms with E-state index in [2.05, 4.69) is 87.4 Å². The third kappa shape index (κ3) is 11.4. The standard InChI is InChI=1S/C56H68N8O7/c1-9-63-49-22-16-38-29-44(49)45(51(63)46-31-57-24-23-40(46)32-69-7)30-56(4,5)33-71-55(68)47-14-11-25-64(61-47)54(67)48(27-36-12-10-13-37(38)26-36)60-52(65)50(35(2)3)62(6)53(66)39-15-17-42(28-39)59-34-58-41-18-20-43(70-8)21-19-41/h10,12-13,16,18-24,26,29,31,35,39,42,47-48,50,61H,9,11,14-15,17,25,27-28,30,32-33H2,1-8H3,(H,60,65)/t39-,42-,47-,48-,50-/m0/s1. The van der Waals surface area contributed by atoms with E-state index >= 15 is 0 Å². The molecule has 2 fully saturated rings. The maximum absolute atomic E-state index is 14.8. The monoisotopic (exact) mass is 965 g/mol. The number of aryl methyl sites for hydroxylation is 1. The summed E-state index contributed by atoms with van der Waals surface area (Å²) < 4.78 is 19.4. The molecular weight excluding hydrogens is 897 g/mol. The van der Waals surface area contributed by atoms with E-state index in [1.165, 1.54) is 9.91 Å². The zero-order chi connectivity index (χ0) is 50.4. The van der Waals surface area contributed by atoms with Crippen LogP contribution in [0.3, 0.4) is 0 Å². The molecule has 6 bridgehead atoms. The molecule has 3 amide bonds. The first kappa shape index (κ1) is 50.7. The molecule has 15 nitrogen and oxygen atoms in total. The van der Waals surface area contributed by atoms with Gasteiger partial charge in [0, 0.05) is 73.9 Å². The molecule has 71 heavy (non-hydrogen) atoms. The lowest BCUT2D eigenvalue weighted by Crippen LogP contribution is -2.62. The molecule has 0 unspecified atom stereocenters. The Balaban J connectivity index is 1.10. The lowest BCUT2D eigenvalue weighted by atomic mass is 9.84. The number of fused-ring (bicyclic) bond motifs is 6. The maximum Gasteiger partial charge on any atom is 0.324 e. The highest BCUT2D eigenvalue weighted by Crippen LogP contribution is 2.41. The van der Waals surface area contributed by atoms with Crippen molar-refractivity contribution >= 4 is 46.3 Å². The minimum atomic E-state index is -1.03. The molecule has 2 aromatic heterocycles. The third-order valence-electron chi connectivity index (χ3n) is 14.2. The van der Waals surface area contributed by atoms with Crippen LogP contribution in [-0.4, -0.2) is 108 Å². The van der Waals surface area contributed by atoms with Crippen molar-refractivity contribution < 1.29 is 33.4 Å².